The van der Waals surface area contributed by atoms with Crippen molar-refractivity contribution in [2.24, 2.45) is 0 Å². The van der Waals surface area contributed by atoms with Crippen molar-refractivity contribution in [2.75, 3.05) is 46.2 Å². The molecule has 14 rings (SSSR count). The topological polar surface area (TPSA) is 870 Å². The standard InChI is InChI=1S/C63H79N14O50P7/c78-29-15-50(71-8-1-43(79)64-57(71)86)115-36(29)22-109-129(96,97)123-31-17-52(73-10-3-45(81)66-59(73)88)117-38(31)24-111-131(100,101)125-33-19-54(75-12-5-47(83)68-61(75)90)119-40(33)26-113-133(104,105)127-35-21-56(77-14-7-49(85)70-63(77)92)121-42(35)28-114-134(106,107)126-34-20-55(76-13-6-48(84)69-62(76)91)120-41(34)27-112-132(102,103)124-32-18-53(74-11-4-46(82)67-60(74)89)118-39(32)25-110-130(98,99)122-30-16-51(72-9-2-44(80)65-58(72)87)116-37(30)23-108-128(93,94)95/h1-14,29-42,50-56,78H,15-28H2,(H,96,97)(H,98,99)(H,100,101)(H,102,103)(H,104,105)(H,106,107)(H,64,79,86)(H,65,80,87)(H,66,81,88)(H,67,82,89)(H,68,83,90)(H,69,84,91)(H,70,85,92)(H2,93,94,95)/t29-,30-,31-,32-,33-,34-,35-,36+,37+,38+,39+,40+,41+,42+,50+,51+,52+,53+,54+,55+,56+/m0/s1. The molecular formula is C63H79N14O50P7. The molecule has 7 fully saturated rings. The van der Waals surface area contributed by atoms with Crippen molar-refractivity contribution in [2.45, 2.75) is 174 Å². The van der Waals surface area contributed by atoms with Crippen LogP contribution in [0.5, 0.6) is 0 Å². The summed E-state index contributed by atoms with van der Waals surface area (Å²) < 4.78 is 211. The number of ether oxygens (including phenoxy) is 7. The van der Waals surface area contributed by atoms with E-state index in [-0.39, 0.29) is 6.42 Å². The molecule has 0 aliphatic carbocycles. The highest BCUT2D eigenvalue weighted by Gasteiger charge is 2.53. The van der Waals surface area contributed by atoms with E-state index in [4.69, 9.17) is 87.4 Å². The third-order valence-corrected chi connectivity index (χ3v) is 27.4. The monoisotopic (exact) mass is 2050 g/mol. The highest BCUT2D eigenvalue weighted by Crippen LogP contribution is 2.57. The van der Waals surface area contributed by atoms with Gasteiger partial charge in [0.15, 0.2) is 0 Å². The molecule has 0 spiro atoms. The van der Waals surface area contributed by atoms with Crippen LogP contribution in [0, 0.1) is 0 Å². The molecule has 0 radical (unpaired) electrons. The molecule has 7 aromatic rings. The summed E-state index contributed by atoms with van der Waals surface area (Å²) in [5, 5.41) is 10.7. The number of H-pyrrole nitrogens is 7. The zero-order valence-electron chi connectivity index (χ0n) is 67.6. The van der Waals surface area contributed by atoms with Crippen molar-refractivity contribution >= 4 is 54.8 Å². The summed E-state index contributed by atoms with van der Waals surface area (Å²) >= 11 is 0. The van der Waals surface area contributed by atoms with Crippen LogP contribution in [-0.4, -0.2) is 243 Å². The van der Waals surface area contributed by atoms with Crippen LogP contribution < -0.4 is 78.7 Å². The van der Waals surface area contributed by atoms with Crippen LogP contribution in [0.1, 0.15) is 88.5 Å². The fraction of sp³-hybridized carbons (Fsp3) is 0.556. The molecule has 7 saturated heterocycles. The molecule has 6 unspecified atom stereocenters. The van der Waals surface area contributed by atoms with Gasteiger partial charge >= 0.3 is 94.6 Å². The molecule has 0 aromatic carbocycles. The Hall–Kier alpha value is -8.79. The van der Waals surface area contributed by atoms with E-state index in [0.717, 1.165) is 109 Å². The van der Waals surface area contributed by atoms with Gasteiger partial charge in [0.05, 0.1) is 52.4 Å². The van der Waals surface area contributed by atoms with Gasteiger partial charge in [-0.15, -0.1) is 0 Å². The van der Waals surface area contributed by atoms with E-state index < -0.39 is 347 Å². The Bertz CT molecular complexity index is 6680. The highest BCUT2D eigenvalue weighted by atomic mass is 31.2. The number of phosphoric ester groups is 7. The lowest BCUT2D eigenvalue weighted by molar-refractivity contribution is -0.0661. The zero-order valence-corrected chi connectivity index (χ0v) is 73.9. The third-order valence-electron chi connectivity index (χ3n) is 20.8. The number of hydrogen-bond acceptors (Lipinski definition) is 42. The van der Waals surface area contributed by atoms with Gasteiger partial charge in [-0.1, -0.05) is 0 Å². The average molecular weight is 2050 g/mol. The molecule has 71 heteroatoms. The molecule has 7 aliphatic heterocycles. The second-order valence-electron chi connectivity index (χ2n) is 30.0. The molecular weight excluding hydrogens is 1970 g/mol. The van der Waals surface area contributed by atoms with E-state index in [0.29, 0.717) is 9.13 Å². The Labute approximate surface area is 739 Å². The molecule has 14 heterocycles. The average Bonchev–Trinajstić information content (AvgIpc) is 1.66. The Morgan fingerprint density at radius 1 is 0.246 bits per heavy atom. The van der Waals surface area contributed by atoms with Crippen LogP contribution in [0.2, 0.25) is 0 Å². The number of rotatable bonds is 40. The summed E-state index contributed by atoms with van der Waals surface area (Å²) in [7, 11) is -39.2. The number of nitrogens with one attached hydrogen (secondary N) is 7. The van der Waals surface area contributed by atoms with E-state index in [2.05, 4.69) is 4.52 Å². The molecule has 134 heavy (non-hydrogen) atoms. The van der Waals surface area contributed by atoms with Gasteiger partial charge in [-0.25, -0.2) is 65.5 Å². The number of phosphoric acid groups is 7. The van der Waals surface area contributed by atoms with Crippen LogP contribution in [0.4, 0.5) is 0 Å². The summed E-state index contributed by atoms with van der Waals surface area (Å²) in [5.74, 6) is 0. The predicted molar refractivity (Wildman–Crippen MR) is 427 cm³/mol. The van der Waals surface area contributed by atoms with E-state index in [1.54, 1.807) is 0 Å². The Morgan fingerprint density at radius 3 is 0.560 bits per heavy atom. The minimum absolute atomic E-state index is 0.285. The SMILES string of the molecule is O=c1ccn([C@H]2C[C@H](OP(=O)(O)OC[C@H]3O[C@@H](n4ccc(=O)[nH]c4=O)C[C@@H]3OP(=O)(O)OC[C@H]3O[C@@H](n4ccc(=O)[nH]c4=O)C[C@@H]3OP(=O)(O)OC[C@H]3O[C@@H](n4ccc(=O)[nH]c4=O)C[C@@H]3OP(=O)(O)OC[C@H]3O[C@@H](n4ccc(=O)[nH]c4=O)C[C@@H]3OP(=O)(O)OC[C@H]3O[C@@H](n4ccc(=O)[nH]c4=O)C[C@@H]3OP(=O)(O)OC[C@H]3O[C@@H](n4ccc(=O)[nH]c4=O)C[C@@H]3O)[C@@H](COP(=O)(O)O)O2)c(=O)[nH]1. The molecule has 0 amide bonds. The maximum Gasteiger partial charge on any atom is 0.472 e. The molecule has 0 saturated carbocycles. The van der Waals surface area contributed by atoms with Gasteiger partial charge in [0.2, 0.25) is 0 Å². The molecule has 736 valence electrons. The maximum absolute atomic E-state index is 14.3. The lowest BCUT2D eigenvalue weighted by Crippen LogP contribution is -2.33. The molecule has 7 aliphatic rings. The second kappa shape index (κ2) is 41.1. The Morgan fingerprint density at radius 2 is 0.396 bits per heavy atom. The van der Waals surface area contributed by atoms with E-state index in [9.17, 15) is 143 Å². The van der Waals surface area contributed by atoms with Crippen LogP contribution in [0.25, 0.3) is 0 Å². The van der Waals surface area contributed by atoms with Crippen LogP contribution in [0.3, 0.4) is 0 Å². The summed E-state index contributed by atoms with van der Waals surface area (Å²) in [6.07, 6.45) is -33.7. The van der Waals surface area contributed by atoms with E-state index in [1.165, 1.54) is 0 Å². The lowest BCUT2D eigenvalue weighted by Gasteiger charge is -2.26. The fourth-order valence-corrected chi connectivity index (χ4v) is 20.9. The number of aromatic nitrogens is 14. The first-order valence-electron chi connectivity index (χ1n) is 39.0. The van der Waals surface area contributed by atoms with Crippen molar-refractivity contribution < 1.29 is 168 Å². The number of aliphatic hydroxyl groups is 1. The molecule has 16 N–H and O–H groups in total. The third kappa shape index (κ3) is 26.0. The lowest BCUT2D eigenvalue weighted by atomic mass is 10.2. The second-order valence-corrected chi connectivity index (χ2v) is 39.7. The van der Waals surface area contributed by atoms with E-state index >= 15 is 0 Å². The largest absolute Gasteiger partial charge is 0.472 e. The molecule has 27 atom stereocenters. The van der Waals surface area contributed by atoms with Gasteiger partial charge in [-0.05, 0) is 0 Å². The Kier molecular flexibility index (Phi) is 31.0. The highest BCUT2D eigenvalue weighted by molar-refractivity contribution is 7.49. The van der Waals surface area contributed by atoms with Crippen molar-refractivity contribution in [3.05, 3.63) is 232 Å². The number of aromatic amines is 7. The van der Waals surface area contributed by atoms with Crippen molar-refractivity contribution in [3.8, 4) is 0 Å². The molecule has 7 aromatic heterocycles. The normalized spacial score (nSPS) is 30.5. The minimum Gasteiger partial charge on any atom is -0.390 e. The molecule has 64 nitrogen and oxygen atoms in total. The van der Waals surface area contributed by atoms with Gasteiger partial charge in [-0.3, -0.25) is 159 Å². The van der Waals surface area contributed by atoms with Crippen molar-refractivity contribution in [1.82, 2.24) is 66.9 Å². The minimum atomic E-state index is -5.79. The maximum atomic E-state index is 14.3. The summed E-state index contributed by atoms with van der Waals surface area (Å²) in [6.45, 7) is -8.15. The number of aliphatic hydroxyl groups excluding tert-OH is 1. The first kappa shape index (κ1) is 101. The van der Waals surface area contributed by atoms with Crippen LogP contribution in [0.15, 0.2) is 153 Å². The Balaban J connectivity index is 0.646. The first-order chi connectivity index (χ1) is 62.9. The van der Waals surface area contributed by atoms with Gasteiger partial charge in [0.25, 0.3) is 38.9 Å². The fourth-order valence-electron chi connectivity index (χ4n) is 14.8. The summed E-state index contributed by atoms with van der Waals surface area (Å²) in [4.78, 5) is 275. The quantitative estimate of drug-likeness (QED) is 0.0159. The zero-order chi connectivity index (χ0) is 96.6. The number of nitrogens with zero attached hydrogens (tertiary/aromatic N) is 7. The van der Waals surface area contributed by atoms with Crippen LogP contribution >= 0.6 is 54.8 Å². The van der Waals surface area contributed by atoms with E-state index in [1.807, 2.05) is 34.9 Å². The van der Waals surface area contributed by atoms with Crippen LogP contribution in [-0.2, 0) is 124 Å². The predicted octanol–water partition coefficient (Wildman–Crippen LogP) is -5.67. The summed E-state index contributed by atoms with van der Waals surface area (Å²) in [6, 6.07) is 6.13. The first-order valence-corrected chi connectivity index (χ1v) is 49.5. The summed E-state index contributed by atoms with van der Waals surface area (Å²) in [5.41, 5.74) is -13.9. The number of hydrogen-bond donors (Lipinski definition) is 16. The van der Waals surface area contributed by atoms with Crippen molar-refractivity contribution in [3.63, 3.8) is 0 Å². The molecule has 0 bridgehead atoms. The van der Waals surface area contributed by atoms with Gasteiger partial charge in [-0.2, -0.15) is 0 Å². The smallest absolute Gasteiger partial charge is 0.390 e. The van der Waals surface area contributed by atoms with Gasteiger partial charge in [0, 0.05) is 131 Å². The van der Waals surface area contributed by atoms with Crippen molar-refractivity contribution in [1.29, 1.82) is 0 Å². The van der Waals surface area contributed by atoms with Gasteiger partial charge in [0.1, 0.15) is 123 Å². The van der Waals surface area contributed by atoms with Gasteiger partial charge < -0.3 is 77.4 Å².